The van der Waals surface area contributed by atoms with E-state index in [0.717, 1.165) is 12.1 Å². The predicted octanol–water partition coefficient (Wildman–Crippen LogP) is 4.37. The summed E-state index contributed by atoms with van der Waals surface area (Å²) in [6.45, 7) is 0.0702. The SMILES string of the molecule is COC(=O)c1ccc(OC)c(C(=O)N[C@]2(c3ccc(OC(F)(F)F)c(F)c3)CCOc3cccnc32)c1. The molecule has 1 aliphatic rings. The van der Waals surface area contributed by atoms with E-state index >= 15 is 0 Å². The van der Waals surface area contributed by atoms with Crippen LogP contribution >= 0.6 is 0 Å². The van der Waals surface area contributed by atoms with Crippen molar-refractivity contribution in [3.8, 4) is 17.2 Å². The molecule has 2 aromatic carbocycles. The van der Waals surface area contributed by atoms with Gasteiger partial charge in [0.1, 0.15) is 22.7 Å². The number of ether oxygens (including phenoxy) is 4. The fraction of sp³-hybridized carbons (Fsp3) is 0.240. The summed E-state index contributed by atoms with van der Waals surface area (Å²) in [5.41, 5.74) is -1.17. The van der Waals surface area contributed by atoms with Gasteiger partial charge in [-0.05, 0) is 48.0 Å². The zero-order chi connectivity index (χ0) is 26.8. The van der Waals surface area contributed by atoms with Crippen molar-refractivity contribution >= 4 is 11.9 Å². The molecule has 8 nitrogen and oxygen atoms in total. The molecule has 0 spiro atoms. The van der Waals surface area contributed by atoms with Gasteiger partial charge in [0.05, 0.1) is 32.0 Å². The monoisotopic (exact) mass is 520 g/mol. The topological polar surface area (TPSA) is 96.0 Å². The highest BCUT2D eigenvalue weighted by atomic mass is 19.4. The number of halogens is 4. The molecule has 1 aliphatic heterocycles. The number of benzene rings is 2. The van der Waals surface area contributed by atoms with E-state index in [4.69, 9.17) is 14.2 Å². The molecular weight excluding hydrogens is 500 g/mol. The third kappa shape index (κ3) is 5.13. The Bertz CT molecular complexity index is 1350. The van der Waals surface area contributed by atoms with Gasteiger partial charge < -0.3 is 24.3 Å². The van der Waals surface area contributed by atoms with Crippen molar-refractivity contribution in [3.63, 3.8) is 0 Å². The van der Waals surface area contributed by atoms with Crippen LogP contribution in [0.2, 0.25) is 0 Å². The van der Waals surface area contributed by atoms with Gasteiger partial charge in [0.2, 0.25) is 0 Å². The van der Waals surface area contributed by atoms with Crippen LogP contribution in [-0.2, 0) is 10.3 Å². The summed E-state index contributed by atoms with van der Waals surface area (Å²) in [7, 11) is 2.52. The number of carbonyl (C=O) groups is 2. The third-order valence-electron chi connectivity index (χ3n) is 5.75. The summed E-state index contributed by atoms with van der Waals surface area (Å²) in [5.74, 6) is -3.31. The summed E-state index contributed by atoms with van der Waals surface area (Å²) in [5, 5.41) is 2.83. The van der Waals surface area contributed by atoms with Gasteiger partial charge in [-0.3, -0.25) is 9.78 Å². The normalized spacial score (nSPS) is 16.7. The van der Waals surface area contributed by atoms with Crippen molar-refractivity contribution in [2.75, 3.05) is 20.8 Å². The van der Waals surface area contributed by atoms with Crippen molar-refractivity contribution in [1.29, 1.82) is 0 Å². The summed E-state index contributed by atoms with van der Waals surface area (Å²) in [6, 6.07) is 10.2. The van der Waals surface area contributed by atoms with Crippen molar-refractivity contribution in [3.05, 3.63) is 82.9 Å². The van der Waals surface area contributed by atoms with Crippen LogP contribution in [0.4, 0.5) is 17.6 Å². The minimum absolute atomic E-state index is 0.0359. The van der Waals surface area contributed by atoms with Crippen LogP contribution in [0, 0.1) is 5.82 Å². The number of fused-ring (bicyclic) bond motifs is 1. The molecule has 1 atom stereocenters. The Balaban J connectivity index is 1.83. The molecule has 1 aromatic heterocycles. The standard InChI is InChI=1S/C25H20F4N2O6/c1-34-18-7-5-14(23(33)35-2)12-16(18)22(32)31-24(9-11-36-20-4-3-10-30-21(20)24)15-6-8-19(17(26)13-15)37-25(27,28)29/h3-8,10,12-13H,9,11H2,1-2H3,(H,31,32)/t24-/m0/s1. The summed E-state index contributed by atoms with van der Waals surface area (Å²) in [6.07, 6.45) is -3.60. The third-order valence-corrected chi connectivity index (χ3v) is 5.75. The van der Waals surface area contributed by atoms with Gasteiger partial charge in [-0.25, -0.2) is 9.18 Å². The first-order valence-corrected chi connectivity index (χ1v) is 10.8. The lowest BCUT2D eigenvalue weighted by Crippen LogP contribution is -2.50. The smallest absolute Gasteiger partial charge is 0.496 e. The average molecular weight is 520 g/mol. The number of methoxy groups -OCH3 is 2. The number of hydrogen-bond acceptors (Lipinski definition) is 7. The van der Waals surface area contributed by atoms with Crippen molar-refractivity contribution in [1.82, 2.24) is 10.3 Å². The van der Waals surface area contributed by atoms with Crippen LogP contribution in [0.1, 0.15) is 38.4 Å². The quantitative estimate of drug-likeness (QED) is 0.381. The Labute approximate surface area is 208 Å². The van der Waals surface area contributed by atoms with Crippen LogP contribution in [0.5, 0.6) is 17.2 Å². The van der Waals surface area contributed by atoms with E-state index in [2.05, 4.69) is 15.0 Å². The van der Waals surface area contributed by atoms with E-state index in [0.29, 0.717) is 5.75 Å². The Hall–Kier alpha value is -4.35. The van der Waals surface area contributed by atoms with E-state index in [-0.39, 0.29) is 41.2 Å². The van der Waals surface area contributed by atoms with Crippen molar-refractivity contribution in [2.45, 2.75) is 18.3 Å². The highest BCUT2D eigenvalue weighted by Crippen LogP contribution is 2.42. The molecule has 0 bridgehead atoms. The van der Waals surface area contributed by atoms with E-state index in [1.54, 1.807) is 12.1 Å². The zero-order valence-electron chi connectivity index (χ0n) is 19.5. The molecule has 3 aromatic rings. The Kier molecular flexibility index (Phi) is 6.92. The fourth-order valence-electron chi connectivity index (χ4n) is 4.10. The minimum Gasteiger partial charge on any atom is -0.496 e. The largest absolute Gasteiger partial charge is 0.573 e. The predicted molar refractivity (Wildman–Crippen MR) is 120 cm³/mol. The molecule has 0 fully saturated rings. The Morgan fingerprint density at radius 2 is 1.84 bits per heavy atom. The first kappa shape index (κ1) is 25.7. The maximum Gasteiger partial charge on any atom is 0.573 e. The maximum atomic E-state index is 14.8. The highest BCUT2D eigenvalue weighted by Gasteiger charge is 2.44. The van der Waals surface area contributed by atoms with Crippen molar-refractivity contribution < 1.29 is 46.1 Å². The minimum atomic E-state index is -5.09. The summed E-state index contributed by atoms with van der Waals surface area (Å²) < 4.78 is 72.2. The van der Waals surface area contributed by atoms with E-state index in [9.17, 15) is 27.2 Å². The molecule has 1 N–H and O–H groups in total. The molecule has 0 saturated carbocycles. The van der Waals surface area contributed by atoms with Crippen LogP contribution in [0.15, 0.2) is 54.7 Å². The number of alkyl halides is 3. The molecule has 194 valence electrons. The zero-order valence-corrected chi connectivity index (χ0v) is 19.5. The molecule has 1 amide bonds. The lowest BCUT2D eigenvalue weighted by Gasteiger charge is -2.39. The lowest BCUT2D eigenvalue weighted by atomic mass is 9.81. The van der Waals surface area contributed by atoms with Gasteiger partial charge in [0, 0.05) is 12.6 Å². The number of nitrogens with zero attached hydrogens (tertiary/aromatic N) is 1. The van der Waals surface area contributed by atoms with Gasteiger partial charge in [-0.2, -0.15) is 0 Å². The van der Waals surface area contributed by atoms with Gasteiger partial charge in [-0.1, -0.05) is 6.07 Å². The summed E-state index contributed by atoms with van der Waals surface area (Å²) >= 11 is 0. The molecule has 2 heterocycles. The second-order valence-corrected chi connectivity index (χ2v) is 7.91. The van der Waals surface area contributed by atoms with E-state index in [1.807, 2.05) is 0 Å². The average Bonchev–Trinajstić information content (AvgIpc) is 2.88. The van der Waals surface area contributed by atoms with Gasteiger partial charge >= 0.3 is 12.3 Å². The van der Waals surface area contributed by atoms with Gasteiger partial charge in [-0.15, -0.1) is 13.2 Å². The molecule has 0 aliphatic carbocycles. The number of nitrogens with one attached hydrogen (secondary N) is 1. The second kappa shape index (κ2) is 9.96. The van der Waals surface area contributed by atoms with E-state index in [1.165, 1.54) is 44.7 Å². The molecule has 12 heteroatoms. The number of amides is 1. The first-order chi connectivity index (χ1) is 17.6. The van der Waals surface area contributed by atoms with Crippen molar-refractivity contribution in [2.24, 2.45) is 0 Å². The van der Waals surface area contributed by atoms with Crippen LogP contribution in [0.25, 0.3) is 0 Å². The fourth-order valence-corrected chi connectivity index (χ4v) is 4.10. The molecule has 0 saturated heterocycles. The Morgan fingerprint density at radius 1 is 1.08 bits per heavy atom. The van der Waals surface area contributed by atoms with Crippen LogP contribution in [-0.4, -0.2) is 44.0 Å². The Morgan fingerprint density at radius 3 is 2.51 bits per heavy atom. The molecule has 0 unspecified atom stereocenters. The second-order valence-electron chi connectivity index (χ2n) is 7.91. The van der Waals surface area contributed by atoms with Gasteiger partial charge in [0.25, 0.3) is 5.91 Å². The van der Waals surface area contributed by atoms with Gasteiger partial charge in [0.15, 0.2) is 11.6 Å². The number of carbonyl (C=O) groups excluding carboxylic acids is 2. The molecular formula is C25H20F4N2O6. The number of pyridine rings is 1. The van der Waals surface area contributed by atoms with E-state index < -0.39 is 35.3 Å². The number of aromatic nitrogens is 1. The number of esters is 1. The maximum absolute atomic E-state index is 14.8. The number of rotatable bonds is 6. The highest BCUT2D eigenvalue weighted by molar-refractivity contribution is 6.00. The number of hydrogen-bond donors (Lipinski definition) is 1. The van der Waals surface area contributed by atoms with Crippen LogP contribution < -0.4 is 19.5 Å². The molecule has 37 heavy (non-hydrogen) atoms. The molecule has 0 radical (unpaired) electrons. The summed E-state index contributed by atoms with van der Waals surface area (Å²) in [4.78, 5) is 30.0. The van der Waals surface area contributed by atoms with Crippen LogP contribution in [0.3, 0.4) is 0 Å². The first-order valence-electron chi connectivity index (χ1n) is 10.8. The lowest BCUT2D eigenvalue weighted by molar-refractivity contribution is -0.275. The molecule has 4 rings (SSSR count).